The summed E-state index contributed by atoms with van der Waals surface area (Å²) in [7, 11) is 2.80. The Morgan fingerprint density at radius 1 is 1.24 bits per heavy atom. The molecular formula is C18H18ClFN2O3. The van der Waals surface area contributed by atoms with Crippen molar-refractivity contribution in [3.05, 3.63) is 64.4 Å². The molecule has 0 aliphatic heterocycles. The molecule has 5 nitrogen and oxygen atoms in total. The largest absolute Gasteiger partial charge is 0.465 e. The minimum Gasteiger partial charge on any atom is -0.465 e. The molecule has 132 valence electrons. The third kappa shape index (κ3) is 4.28. The highest BCUT2D eigenvalue weighted by molar-refractivity contribution is 6.31. The molecule has 25 heavy (non-hydrogen) atoms. The Morgan fingerprint density at radius 3 is 2.56 bits per heavy atom. The average Bonchev–Trinajstić information content (AvgIpc) is 2.62. The lowest BCUT2D eigenvalue weighted by Gasteiger charge is -2.26. The van der Waals surface area contributed by atoms with E-state index in [9.17, 15) is 14.0 Å². The lowest BCUT2D eigenvalue weighted by atomic mass is 10.1. The zero-order valence-electron chi connectivity index (χ0n) is 14.0. The van der Waals surface area contributed by atoms with Gasteiger partial charge < -0.3 is 15.0 Å². The monoisotopic (exact) mass is 364 g/mol. The Morgan fingerprint density at radius 2 is 1.92 bits per heavy atom. The fourth-order valence-corrected chi connectivity index (χ4v) is 2.56. The number of nitrogens with one attached hydrogen (secondary N) is 1. The molecule has 0 aliphatic carbocycles. The second-order valence-electron chi connectivity index (χ2n) is 5.42. The van der Waals surface area contributed by atoms with E-state index in [2.05, 4.69) is 10.1 Å². The normalized spacial score (nSPS) is 11.6. The number of hydrogen-bond acceptors (Lipinski definition) is 3. The number of esters is 1. The van der Waals surface area contributed by atoms with Crippen molar-refractivity contribution in [3.63, 3.8) is 0 Å². The molecule has 0 aromatic heterocycles. The summed E-state index contributed by atoms with van der Waals surface area (Å²) in [5.74, 6) is -1.27. The molecule has 7 heteroatoms. The molecule has 0 saturated heterocycles. The summed E-state index contributed by atoms with van der Waals surface area (Å²) in [6.45, 7) is 1.81. The molecule has 1 N–H and O–H groups in total. The molecule has 0 spiro atoms. The van der Waals surface area contributed by atoms with Crippen LogP contribution in [0.4, 0.5) is 14.9 Å². The number of carbonyl (C=O) groups excluding carboxylic acids is 2. The molecule has 1 atom stereocenters. The zero-order valence-corrected chi connectivity index (χ0v) is 14.8. The van der Waals surface area contributed by atoms with Crippen molar-refractivity contribution < 1.29 is 18.7 Å². The number of methoxy groups -OCH3 is 1. The Balaban J connectivity index is 2.19. The number of benzene rings is 2. The van der Waals surface area contributed by atoms with Gasteiger partial charge in [0.2, 0.25) is 0 Å². The summed E-state index contributed by atoms with van der Waals surface area (Å²) in [4.78, 5) is 25.4. The van der Waals surface area contributed by atoms with Crippen molar-refractivity contribution >= 4 is 29.3 Å². The first kappa shape index (κ1) is 18.7. The molecule has 0 fully saturated rings. The van der Waals surface area contributed by atoms with Crippen LogP contribution in [0.15, 0.2) is 42.5 Å². The minimum absolute atomic E-state index is 0.105. The Labute approximate surface area is 150 Å². The van der Waals surface area contributed by atoms with Crippen LogP contribution in [0.3, 0.4) is 0 Å². The summed E-state index contributed by atoms with van der Waals surface area (Å²) < 4.78 is 18.5. The lowest BCUT2D eigenvalue weighted by molar-refractivity contribution is 0.0600. The van der Waals surface area contributed by atoms with Crippen LogP contribution in [-0.2, 0) is 4.74 Å². The van der Waals surface area contributed by atoms with Gasteiger partial charge in [-0.1, -0.05) is 29.8 Å². The summed E-state index contributed by atoms with van der Waals surface area (Å²) >= 11 is 6.16. The maximum Gasteiger partial charge on any atom is 0.337 e. The van der Waals surface area contributed by atoms with Crippen molar-refractivity contribution in [3.8, 4) is 0 Å². The van der Waals surface area contributed by atoms with Gasteiger partial charge in [0, 0.05) is 12.1 Å². The molecule has 0 aliphatic rings. The molecular weight excluding hydrogens is 347 g/mol. The third-order valence-corrected chi connectivity index (χ3v) is 4.23. The van der Waals surface area contributed by atoms with Crippen LogP contribution in [0.5, 0.6) is 0 Å². The molecule has 2 aromatic carbocycles. The van der Waals surface area contributed by atoms with E-state index >= 15 is 0 Å². The highest BCUT2D eigenvalue weighted by Gasteiger charge is 2.21. The number of hydrogen-bond donors (Lipinski definition) is 1. The Kier molecular flexibility index (Phi) is 5.98. The van der Waals surface area contributed by atoms with Crippen LogP contribution in [0.25, 0.3) is 0 Å². The number of carbonyl (C=O) groups is 2. The molecule has 2 rings (SSSR count). The highest BCUT2D eigenvalue weighted by Crippen LogP contribution is 2.27. The number of nitrogens with zero attached hydrogens (tertiary/aromatic N) is 1. The topological polar surface area (TPSA) is 58.6 Å². The predicted octanol–water partition coefficient (Wildman–Crippen LogP) is 4.49. The van der Waals surface area contributed by atoms with Gasteiger partial charge in [-0.3, -0.25) is 0 Å². The third-order valence-electron chi connectivity index (χ3n) is 3.89. The zero-order chi connectivity index (χ0) is 18.6. The van der Waals surface area contributed by atoms with Crippen LogP contribution >= 0.6 is 11.6 Å². The van der Waals surface area contributed by atoms with E-state index in [1.54, 1.807) is 19.2 Å². The number of urea groups is 1. The summed E-state index contributed by atoms with van der Waals surface area (Å²) in [5, 5.41) is 3.00. The number of amides is 2. The van der Waals surface area contributed by atoms with Gasteiger partial charge in [0.05, 0.1) is 24.4 Å². The van der Waals surface area contributed by atoms with E-state index in [4.69, 9.17) is 11.6 Å². The molecule has 1 unspecified atom stereocenters. The van der Waals surface area contributed by atoms with E-state index in [0.717, 1.165) is 11.6 Å². The van der Waals surface area contributed by atoms with E-state index in [1.165, 1.54) is 24.1 Å². The first-order valence-electron chi connectivity index (χ1n) is 7.51. The smallest absolute Gasteiger partial charge is 0.337 e. The molecule has 0 saturated carbocycles. The second kappa shape index (κ2) is 7.98. The lowest BCUT2D eigenvalue weighted by Crippen LogP contribution is -2.34. The van der Waals surface area contributed by atoms with Crippen LogP contribution in [-0.4, -0.2) is 31.1 Å². The quantitative estimate of drug-likeness (QED) is 0.813. The van der Waals surface area contributed by atoms with Crippen LogP contribution in [0, 0.1) is 5.82 Å². The van der Waals surface area contributed by atoms with Crippen molar-refractivity contribution in [1.29, 1.82) is 0 Å². The fourth-order valence-electron chi connectivity index (χ4n) is 2.27. The second-order valence-corrected chi connectivity index (χ2v) is 5.83. The molecule has 2 aromatic rings. The molecule has 0 heterocycles. The Hall–Kier alpha value is -2.60. The van der Waals surface area contributed by atoms with Crippen molar-refractivity contribution in [1.82, 2.24) is 4.90 Å². The summed E-state index contributed by atoms with van der Waals surface area (Å²) in [6, 6.07) is 9.91. The van der Waals surface area contributed by atoms with E-state index < -0.39 is 17.8 Å². The maximum absolute atomic E-state index is 13.9. The average molecular weight is 365 g/mol. The SMILES string of the molecule is COC(=O)c1ccc(F)c(NC(=O)N(C)C(C)c2ccccc2Cl)c1. The van der Waals surface area contributed by atoms with Crippen LogP contribution in [0.1, 0.15) is 28.9 Å². The van der Waals surface area contributed by atoms with Crippen LogP contribution < -0.4 is 5.32 Å². The van der Waals surface area contributed by atoms with Gasteiger partial charge in [0.25, 0.3) is 0 Å². The number of halogens is 2. The highest BCUT2D eigenvalue weighted by atomic mass is 35.5. The van der Waals surface area contributed by atoms with Gasteiger partial charge in [0.1, 0.15) is 5.82 Å². The molecule has 2 amide bonds. The number of rotatable bonds is 4. The van der Waals surface area contributed by atoms with E-state index in [0.29, 0.717) is 5.02 Å². The minimum atomic E-state index is -0.653. The number of anilines is 1. The molecule has 0 bridgehead atoms. The summed E-state index contributed by atoms with van der Waals surface area (Å²) in [5.41, 5.74) is 0.803. The first-order chi connectivity index (χ1) is 11.8. The van der Waals surface area contributed by atoms with Gasteiger partial charge in [-0.25, -0.2) is 14.0 Å². The van der Waals surface area contributed by atoms with Crippen LogP contribution in [0.2, 0.25) is 5.02 Å². The van der Waals surface area contributed by atoms with Crippen molar-refractivity contribution in [2.45, 2.75) is 13.0 Å². The predicted molar refractivity (Wildman–Crippen MR) is 94.4 cm³/mol. The van der Waals surface area contributed by atoms with Crippen molar-refractivity contribution in [2.75, 3.05) is 19.5 Å². The Bertz CT molecular complexity index is 798. The van der Waals surface area contributed by atoms with Gasteiger partial charge in [0.15, 0.2) is 0 Å². The van der Waals surface area contributed by atoms with E-state index in [-0.39, 0.29) is 17.3 Å². The fraction of sp³-hybridized carbons (Fsp3) is 0.222. The maximum atomic E-state index is 13.9. The summed E-state index contributed by atoms with van der Waals surface area (Å²) in [6.07, 6.45) is 0. The van der Waals surface area contributed by atoms with Gasteiger partial charge >= 0.3 is 12.0 Å². The van der Waals surface area contributed by atoms with Gasteiger partial charge in [-0.2, -0.15) is 0 Å². The van der Waals surface area contributed by atoms with E-state index in [1.807, 2.05) is 19.1 Å². The van der Waals surface area contributed by atoms with Crippen molar-refractivity contribution in [2.24, 2.45) is 0 Å². The number of ether oxygens (including phenoxy) is 1. The molecule has 0 radical (unpaired) electrons. The standard InChI is InChI=1S/C18H18ClFN2O3/c1-11(13-6-4-5-7-14(13)19)22(2)18(24)21-16-10-12(17(23)25-3)8-9-15(16)20/h4-11H,1-3H3,(H,21,24). The first-order valence-corrected chi connectivity index (χ1v) is 7.89. The van der Waals surface area contributed by atoms with Gasteiger partial charge in [-0.15, -0.1) is 0 Å². The van der Waals surface area contributed by atoms with Gasteiger partial charge in [-0.05, 0) is 36.8 Å².